The van der Waals surface area contributed by atoms with Crippen molar-refractivity contribution in [3.8, 4) is 0 Å². The Morgan fingerprint density at radius 2 is 1.86 bits per heavy atom. The minimum atomic E-state index is -0.00845. The summed E-state index contributed by atoms with van der Waals surface area (Å²) in [5.41, 5.74) is 1.69. The fraction of sp³-hybridized carbons (Fsp3) is 0.556. The molecular weight excluding hydrogens is 262 g/mol. The van der Waals surface area contributed by atoms with Crippen molar-refractivity contribution < 1.29 is 9.59 Å². The van der Waals surface area contributed by atoms with E-state index in [4.69, 9.17) is 0 Å². The summed E-state index contributed by atoms with van der Waals surface area (Å²) in [7, 11) is 0. The van der Waals surface area contributed by atoms with Gasteiger partial charge in [-0.1, -0.05) is 52.3 Å². The zero-order valence-corrected chi connectivity index (χ0v) is 13.6. The highest BCUT2D eigenvalue weighted by atomic mass is 16.1. The highest BCUT2D eigenvalue weighted by Crippen LogP contribution is 2.11. The second-order valence-electron chi connectivity index (χ2n) is 6.28. The van der Waals surface area contributed by atoms with Crippen molar-refractivity contribution in [3.05, 3.63) is 35.4 Å². The molecule has 0 heterocycles. The predicted octanol–water partition coefficient (Wildman–Crippen LogP) is 3.97. The normalized spacial score (nSPS) is 11.0. The number of carbonyl (C=O) groups is 2. The van der Waals surface area contributed by atoms with Gasteiger partial charge in [-0.25, -0.2) is 0 Å². The molecule has 1 amide bonds. The third-order valence-electron chi connectivity index (χ3n) is 3.41. The minimum absolute atomic E-state index is 0.00845. The van der Waals surface area contributed by atoms with Crippen molar-refractivity contribution in [1.82, 2.24) is 5.32 Å². The van der Waals surface area contributed by atoms with E-state index in [1.165, 1.54) is 0 Å². The Bertz CT molecular complexity index is 478. The van der Waals surface area contributed by atoms with Crippen LogP contribution in [0.4, 0.5) is 0 Å². The summed E-state index contributed by atoms with van der Waals surface area (Å²) in [5.74, 6) is 0.846. The molecule has 0 bridgehead atoms. The molecule has 1 aromatic rings. The Hall–Kier alpha value is -1.64. The Labute approximate surface area is 128 Å². The van der Waals surface area contributed by atoms with Gasteiger partial charge in [0.1, 0.15) is 0 Å². The second kappa shape index (κ2) is 8.60. The second-order valence-corrected chi connectivity index (χ2v) is 6.28. The van der Waals surface area contributed by atoms with Crippen molar-refractivity contribution >= 4 is 11.7 Å². The van der Waals surface area contributed by atoms with Gasteiger partial charge in [-0.05, 0) is 24.0 Å². The van der Waals surface area contributed by atoms with Gasteiger partial charge < -0.3 is 5.32 Å². The van der Waals surface area contributed by atoms with Crippen LogP contribution in [0, 0.1) is 11.8 Å². The monoisotopic (exact) mass is 289 g/mol. The van der Waals surface area contributed by atoms with E-state index in [0.29, 0.717) is 18.9 Å². The summed E-state index contributed by atoms with van der Waals surface area (Å²) in [6.45, 7) is 8.60. The van der Waals surface area contributed by atoms with Crippen molar-refractivity contribution in [2.24, 2.45) is 11.8 Å². The lowest BCUT2D eigenvalue weighted by Gasteiger charge is -2.09. The van der Waals surface area contributed by atoms with Crippen LogP contribution < -0.4 is 5.32 Å². The highest BCUT2D eigenvalue weighted by molar-refractivity contribution is 5.97. The van der Waals surface area contributed by atoms with Crippen LogP contribution >= 0.6 is 0 Å². The molecule has 3 heteroatoms. The third kappa shape index (κ3) is 6.56. The largest absolute Gasteiger partial charge is 0.352 e. The standard InChI is InChI=1S/C18H27NO2/c1-13(2)7-5-10-17(20)19-12-15-8-6-9-16(11-15)18(21)14(3)4/h6,8-9,11,13-14H,5,7,10,12H2,1-4H3,(H,19,20). The van der Waals surface area contributed by atoms with Crippen molar-refractivity contribution in [2.75, 3.05) is 0 Å². The van der Waals surface area contributed by atoms with Gasteiger partial charge in [0.25, 0.3) is 0 Å². The average Bonchev–Trinajstić information content (AvgIpc) is 2.44. The average molecular weight is 289 g/mol. The number of hydrogen-bond acceptors (Lipinski definition) is 2. The Morgan fingerprint density at radius 1 is 1.14 bits per heavy atom. The molecule has 3 nitrogen and oxygen atoms in total. The number of hydrogen-bond donors (Lipinski definition) is 1. The Balaban J connectivity index is 2.47. The summed E-state index contributed by atoms with van der Waals surface area (Å²) in [6.07, 6.45) is 2.57. The molecule has 21 heavy (non-hydrogen) atoms. The number of ketones is 1. The third-order valence-corrected chi connectivity index (χ3v) is 3.41. The molecule has 0 radical (unpaired) electrons. The number of carbonyl (C=O) groups excluding carboxylic acids is 2. The number of Topliss-reactive ketones (excluding diaryl/α,β-unsaturated/α-hetero) is 1. The van der Waals surface area contributed by atoms with Crippen LogP contribution in [0.2, 0.25) is 0 Å². The molecule has 0 aromatic heterocycles. The fourth-order valence-corrected chi connectivity index (χ4v) is 2.13. The highest BCUT2D eigenvalue weighted by Gasteiger charge is 2.10. The molecule has 0 unspecified atom stereocenters. The maximum atomic E-state index is 12.0. The van der Waals surface area contributed by atoms with Gasteiger partial charge in [0.2, 0.25) is 5.91 Å². The number of benzene rings is 1. The summed E-state index contributed by atoms with van der Waals surface area (Å²) >= 11 is 0. The Morgan fingerprint density at radius 3 is 2.48 bits per heavy atom. The van der Waals surface area contributed by atoms with E-state index in [0.717, 1.165) is 24.0 Å². The lowest BCUT2D eigenvalue weighted by molar-refractivity contribution is -0.121. The molecule has 0 saturated carbocycles. The van der Waals surface area contributed by atoms with Gasteiger partial charge >= 0.3 is 0 Å². The first-order valence-corrected chi connectivity index (χ1v) is 7.80. The van der Waals surface area contributed by atoms with E-state index in [1.54, 1.807) is 0 Å². The number of nitrogens with one attached hydrogen (secondary N) is 1. The van der Waals surface area contributed by atoms with Gasteiger partial charge in [0.15, 0.2) is 5.78 Å². The van der Waals surface area contributed by atoms with Gasteiger partial charge in [-0.15, -0.1) is 0 Å². The molecule has 1 aromatic carbocycles. The van der Waals surface area contributed by atoms with Crippen LogP contribution in [0.1, 0.15) is 62.9 Å². The van der Waals surface area contributed by atoms with Crippen molar-refractivity contribution in [1.29, 1.82) is 0 Å². The first kappa shape index (κ1) is 17.4. The first-order valence-electron chi connectivity index (χ1n) is 7.80. The van der Waals surface area contributed by atoms with Gasteiger partial charge in [0.05, 0.1) is 0 Å². The van der Waals surface area contributed by atoms with Gasteiger partial charge in [-0.2, -0.15) is 0 Å². The first-order chi connectivity index (χ1) is 9.90. The van der Waals surface area contributed by atoms with Crippen molar-refractivity contribution in [2.45, 2.75) is 53.5 Å². The molecule has 0 saturated heterocycles. The zero-order chi connectivity index (χ0) is 15.8. The van der Waals surface area contributed by atoms with E-state index >= 15 is 0 Å². The quantitative estimate of drug-likeness (QED) is 0.736. The topological polar surface area (TPSA) is 46.2 Å². The van der Waals surface area contributed by atoms with Crippen LogP contribution in [-0.4, -0.2) is 11.7 Å². The van der Waals surface area contributed by atoms with Crippen LogP contribution in [0.3, 0.4) is 0 Å². The number of amides is 1. The summed E-state index contributed by atoms with van der Waals surface area (Å²) < 4.78 is 0. The predicted molar refractivity (Wildman–Crippen MR) is 86.1 cm³/mol. The fourth-order valence-electron chi connectivity index (χ4n) is 2.13. The van der Waals surface area contributed by atoms with Crippen LogP contribution in [-0.2, 0) is 11.3 Å². The summed E-state index contributed by atoms with van der Waals surface area (Å²) in [5, 5.41) is 2.92. The van der Waals surface area contributed by atoms with Gasteiger partial charge in [0, 0.05) is 24.4 Å². The van der Waals surface area contributed by atoms with Crippen molar-refractivity contribution in [3.63, 3.8) is 0 Å². The minimum Gasteiger partial charge on any atom is -0.352 e. The van der Waals surface area contributed by atoms with Crippen LogP contribution in [0.15, 0.2) is 24.3 Å². The molecule has 116 valence electrons. The molecule has 1 N–H and O–H groups in total. The zero-order valence-electron chi connectivity index (χ0n) is 13.6. The Kier molecular flexibility index (Phi) is 7.13. The molecule has 0 spiro atoms. The van der Waals surface area contributed by atoms with E-state index in [9.17, 15) is 9.59 Å². The van der Waals surface area contributed by atoms with E-state index in [2.05, 4.69) is 19.2 Å². The van der Waals surface area contributed by atoms with Gasteiger partial charge in [-0.3, -0.25) is 9.59 Å². The smallest absolute Gasteiger partial charge is 0.220 e. The van der Waals surface area contributed by atoms with E-state index in [1.807, 2.05) is 38.1 Å². The molecule has 0 aliphatic carbocycles. The lowest BCUT2D eigenvalue weighted by Crippen LogP contribution is -2.22. The lowest BCUT2D eigenvalue weighted by atomic mass is 9.99. The molecule has 0 aliphatic rings. The summed E-state index contributed by atoms with van der Waals surface area (Å²) in [4.78, 5) is 23.7. The molecule has 0 aliphatic heterocycles. The maximum Gasteiger partial charge on any atom is 0.220 e. The van der Waals surface area contributed by atoms with Crippen LogP contribution in [0.5, 0.6) is 0 Å². The van der Waals surface area contributed by atoms with E-state index in [-0.39, 0.29) is 17.6 Å². The van der Waals surface area contributed by atoms with Crippen LogP contribution in [0.25, 0.3) is 0 Å². The molecular formula is C18H27NO2. The molecule has 1 rings (SSSR count). The number of rotatable bonds is 8. The SMILES string of the molecule is CC(C)CCCC(=O)NCc1cccc(C(=O)C(C)C)c1. The van der Waals surface area contributed by atoms with E-state index < -0.39 is 0 Å². The maximum absolute atomic E-state index is 12.0. The summed E-state index contributed by atoms with van der Waals surface area (Å²) in [6, 6.07) is 7.51. The molecule has 0 atom stereocenters. The molecule has 0 fully saturated rings.